The number of ether oxygens (including phenoxy) is 2. The SMILES string of the molecule is O=C(CCC(=O)c1ccc2c(c1)CCCC2)NCCCOCC1CCCO1. The van der Waals surface area contributed by atoms with Gasteiger partial charge in [-0.15, -0.1) is 0 Å². The van der Waals surface area contributed by atoms with E-state index in [1.54, 1.807) is 0 Å². The molecule has 0 bridgehead atoms. The van der Waals surface area contributed by atoms with Crippen LogP contribution in [0.4, 0.5) is 0 Å². The topological polar surface area (TPSA) is 64.6 Å². The zero-order valence-corrected chi connectivity index (χ0v) is 16.1. The van der Waals surface area contributed by atoms with E-state index in [1.807, 2.05) is 12.1 Å². The summed E-state index contributed by atoms with van der Waals surface area (Å²) in [4.78, 5) is 24.3. The molecule has 0 radical (unpaired) electrons. The van der Waals surface area contributed by atoms with Crippen molar-refractivity contribution in [3.63, 3.8) is 0 Å². The summed E-state index contributed by atoms with van der Waals surface area (Å²) in [6.07, 6.45) is 8.34. The molecule has 27 heavy (non-hydrogen) atoms. The van der Waals surface area contributed by atoms with Crippen LogP contribution in [0.5, 0.6) is 0 Å². The number of fused-ring (bicyclic) bond motifs is 1. The quantitative estimate of drug-likeness (QED) is 0.505. The van der Waals surface area contributed by atoms with E-state index in [0.717, 1.165) is 44.3 Å². The lowest BCUT2D eigenvalue weighted by Crippen LogP contribution is -2.26. The van der Waals surface area contributed by atoms with Gasteiger partial charge in [-0.2, -0.15) is 0 Å². The van der Waals surface area contributed by atoms with Gasteiger partial charge < -0.3 is 14.8 Å². The van der Waals surface area contributed by atoms with Gasteiger partial charge >= 0.3 is 0 Å². The molecule has 1 amide bonds. The van der Waals surface area contributed by atoms with Crippen molar-refractivity contribution < 1.29 is 19.1 Å². The number of amides is 1. The minimum Gasteiger partial charge on any atom is -0.379 e. The molecule has 0 saturated carbocycles. The molecular formula is C22H31NO4. The van der Waals surface area contributed by atoms with Gasteiger partial charge in [-0.1, -0.05) is 12.1 Å². The first-order chi connectivity index (χ1) is 13.2. The minimum absolute atomic E-state index is 0.0541. The van der Waals surface area contributed by atoms with Gasteiger partial charge in [0.15, 0.2) is 5.78 Å². The van der Waals surface area contributed by atoms with Crippen LogP contribution in [0.25, 0.3) is 0 Å². The molecule has 1 aliphatic carbocycles. The summed E-state index contributed by atoms with van der Waals surface area (Å²) in [5.74, 6) is -0.0149. The van der Waals surface area contributed by atoms with E-state index < -0.39 is 0 Å². The Labute approximate surface area is 161 Å². The molecule has 1 aromatic carbocycles. The second kappa shape index (κ2) is 10.6. The van der Waals surface area contributed by atoms with Gasteiger partial charge in [-0.05, 0) is 62.1 Å². The maximum Gasteiger partial charge on any atom is 0.220 e. The van der Waals surface area contributed by atoms with Crippen LogP contribution in [0, 0.1) is 0 Å². The number of hydrogen-bond donors (Lipinski definition) is 1. The van der Waals surface area contributed by atoms with Crippen LogP contribution in [0.1, 0.15) is 66.4 Å². The standard InChI is InChI=1S/C22H31NO4/c24-21(19-9-8-17-5-1-2-6-18(17)15-19)10-11-22(25)23-12-4-13-26-16-20-7-3-14-27-20/h8-9,15,20H,1-7,10-14,16H2,(H,23,25). The lowest BCUT2D eigenvalue weighted by molar-refractivity contribution is -0.121. The van der Waals surface area contributed by atoms with Crippen molar-refractivity contribution in [3.05, 3.63) is 34.9 Å². The molecule has 1 heterocycles. The van der Waals surface area contributed by atoms with Crippen LogP contribution in [0.3, 0.4) is 0 Å². The molecule has 1 aromatic rings. The number of aryl methyl sites for hydroxylation is 2. The Morgan fingerprint density at radius 2 is 1.96 bits per heavy atom. The first kappa shape index (κ1) is 20.0. The van der Waals surface area contributed by atoms with Crippen molar-refractivity contribution in [3.8, 4) is 0 Å². The molecule has 148 valence electrons. The summed E-state index contributed by atoms with van der Waals surface area (Å²) >= 11 is 0. The third-order valence-electron chi connectivity index (χ3n) is 5.36. The summed E-state index contributed by atoms with van der Waals surface area (Å²) in [6.45, 7) is 2.68. The van der Waals surface area contributed by atoms with E-state index in [2.05, 4.69) is 11.4 Å². The van der Waals surface area contributed by atoms with Gasteiger partial charge in [0.25, 0.3) is 0 Å². The highest BCUT2D eigenvalue weighted by molar-refractivity contribution is 5.98. The third-order valence-corrected chi connectivity index (χ3v) is 5.36. The van der Waals surface area contributed by atoms with Gasteiger partial charge in [0.2, 0.25) is 5.91 Å². The predicted molar refractivity (Wildman–Crippen MR) is 104 cm³/mol. The van der Waals surface area contributed by atoms with Crippen molar-refractivity contribution in [2.24, 2.45) is 0 Å². The van der Waals surface area contributed by atoms with Crippen LogP contribution in [-0.4, -0.2) is 44.2 Å². The molecule has 3 rings (SSSR count). The lowest BCUT2D eigenvalue weighted by atomic mass is 9.89. The van der Waals surface area contributed by atoms with Crippen molar-refractivity contribution in [2.45, 2.75) is 63.9 Å². The minimum atomic E-state index is -0.0690. The molecule has 0 spiro atoms. The van der Waals surface area contributed by atoms with E-state index in [0.29, 0.717) is 19.8 Å². The Bertz CT molecular complexity index is 637. The van der Waals surface area contributed by atoms with Gasteiger partial charge in [0.1, 0.15) is 0 Å². The number of hydrogen-bond acceptors (Lipinski definition) is 4. The van der Waals surface area contributed by atoms with Crippen LogP contribution in [0.15, 0.2) is 18.2 Å². The van der Waals surface area contributed by atoms with Gasteiger partial charge in [0.05, 0.1) is 12.7 Å². The summed E-state index contributed by atoms with van der Waals surface area (Å²) in [7, 11) is 0. The maximum absolute atomic E-state index is 12.4. The molecule has 1 aliphatic heterocycles. The number of carbonyl (C=O) groups excluding carboxylic acids is 2. The van der Waals surface area contributed by atoms with Crippen molar-refractivity contribution in [1.29, 1.82) is 0 Å². The second-order valence-corrected chi connectivity index (χ2v) is 7.53. The molecule has 1 unspecified atom stereocenters. The highest BCUT2D eigenvalue weighted by Crippen LogP contribution is 2.23. The average molecular weight is 373 g/mol. The molecule has 1 fully saturated rings. The molecule has 2 aliphatic rings. The van der Waals surface area contributed by atoms with Crippen molar-refractivity contribution in [1.82, 2.24) is 5.32 Å². The van der Waals surface area contributed by atoms with Crippen molar-refractivity contribution >= 4 is 11.7 Å². The Kier molecular flexibility index (Phi) is 7.84. The molecular weight excluding hydrogens is 342 g/mol. The van der Waals surface area contributed by atoms with Crippen LogP contribution >= 0.6 is 0 Å². The number of ketones is 1. The third kappa shape index (κ3) is 6.43. The van der Waals surface area contributed by atoms with E-state index in [1.165, 1.54) is 24.0 Å². The number of carbonyl (C=O) groups is 2. The fraction of sp³-hybridized carbons (Fsp3) is 0.636. The normalized spacial score (nSPS) is 18.9. The predicted octanol–water partition coefficient (Wildman–Crippen LogP) is 3.23. The highest BCUT2D eigenvalue weighted by Gasteiger charge is 2.15. The maximum atomic E-state index is 12.4. The average Bonchev–Trinajstić information content (AvgIpc) is 3.22. The van der Waals surface area contributed by atoms with E-state index >= 15 is 0 Å². The van der Waals surface area contributed by atoms with Gasteiger partial charge in [0, 0.05) is 38.2 Å². The first-order valence-electron chi connectivity index (χ1n) is 10.3. The first-order valence-corrected chi connectivity index (χ1v) is 10.3. The summed E-state index contributed by atoms with van der Waals surface area (Å²) < 4.78 is 11.1. The Morgan fingerprint density at radius 3 is 2.78 bits per heavy atom. The molecule has 1 atom stereocenters. The fourth-order valence-electron chi connectivity index (χ4n) is 3.76. The summed E-state index contributed by atoms with van der Waals surface area (Å²) in [5.41, 5.74) is 3.42. The summed E-state index contributed by atoms with van der Waals surface area (Å²) in [6, 6.07) is 6.02. The van der Waals surface area contributed by atoms with Crippen LogP contribution in [-0.2, 0) is 27.1 Å². The van der Waals surface area contributed by atoms with Crippen LogP contribution < -0.4 is 5.32 Å². The molecule has 5 nitrogen and oxygen atoms in total. The Balaban J connectivity index is 1.27. The fourth-order valence-corrected chi connectivity index (χ4v) is 3.76. The van der Waals surface area contributed by atoms with Crippen LogP contribution in [0.2, 0.25) is 0 Å². The zero-order chi connectivity index (χ0) is 18.9. The summed E-state index contributed by atoms with van der Waals surface area (Å²) in [5, 5.41) is 2.87. The Hall–Kier alpha value is -1.72. The number of nitrogens with one attached hydrogen (secondary N) is 1. The molecule has 1 N–H and O–H groups in total. The second-order valence-electron chi connectivity index (χ2n) is 7.53. The van der Waals surface area contributed by atoms with Crippen molar-refractivity contribution in [2.75, 3.05) is 26.4 Å². The molecule has 5 heteroatoms. The molecule has 1 saturated heterocycles. The van der Waals surface area contributed by atoms with E-state index in [4.69, 9.17) is 9.47 Å². The Morgan fingerprint density at radius 1 is 1.11 bits per heavy atom. The van der Waals surface area contributed by atoms with E-state index in [9.17, 15) is 9.59 Å². The van der Waals surface area contributed by atoms with Gasteiger partial charge in [-0.3, -0.25) is 9.59 Å². The highest BCUT2D eigenvalue weighted by atomic mass is 16.5. The lowest BCUT2D eigenvalue weighted by Gasteiger charge is -2.16. The monoisotopic (exact) mass is 373 g/mol. The van der Waals surface area contributed by atoms with Gasteiger partial charge in [-0.25, -0.2) is 0 Å². The number of benzene rings is 1. The number of Topliss-reactive ketones (excluding diaryl/α,β-unsaturated/α-hetero) is 1. The largest absolute Gasteiger partial charge is 0.379 e. The van der Waals surface area contributed by atoms with E-state index in [-0.39, 0.29) is 30.6 Å². The number of rotatable bonds is 10. The molecule has 0 aromatic heterocycles. The smallest absolute Gasteiger partial charge is 0.220 e. The zero-order valence-electron chi connectivity index (χ0n) is 16.1.